The lowest BCUT2D eigenvalue weighted by molar-refractivity contribution is -0.275. The van der Waals surface area contributed by atoms with Crippen molar-refractivity contribution in [3.8, 4) is 5.75 Å². The van der Waals surface area contributed by atoms with Crippen LogP contribution in [0.1, 0.15) is 18.5 Å². The van der Waals surface area contributed by atoms with Crippen molar-refractivity contribution in [3.05, 3.63) is 29.8 Å². The molecule has 0 amide bonds. The van der Waals surface area contributed by atoms with Crippen molar-refractivity contribution < 1.29 is 17.9 Å². The second-order valence-electron chi connectivity index (χ2n) is 3.10. The lowest BCUT2D eigenvalue weighted by Gasteiger charge is -2.17. The number of nitrogens with one attached hydrogen (secondary N) is 1. The molecule has 0 fully saturated rings. The first-order valence-electron chi connectivity index (χ1n) is 4.46. The van der Waals surface area contributed by atoms with Crippen molar-refractivity contribution in [2.45, 2.75) is 19.3 Å². The van der Waals surface area contributed by atoms with Crippen LogP contribution < -0.4 is 10.1 Å². The third kappa shape index (κ3) is 4.28. The van der Waals surface area contributed by atoms with E-state index in [-0.39, 0.29) is 24.2 Å². The number of halogens is 4. The average molecular weight is 256 g/mol. The van der Waals surface area contributed by atoms with E-state index in [4.69, 9.17) is 0 Å². The van der Waals surface area contributed by atoms with Gasteiger partial charge in [0.25, 0.3) is 0 Å². The Balaban J connectivity index is 0.00000225. The minimum absolute atomic E-state index is 0. The van der Waals surface area contributed by atoms with Crippen molar-refractivity contribution in [3.63, 3.8) is 0 Å². The first kappa shape index (κ1) is 15.1. The Morgan fingerprint density at radius 2 is 1.81 bits per heavy atom. The first-order chi connectivity index (χ1) is 6.94. The number of hydrogen-bond donors (Lipinski definition) is 1. The highest BCUT2D eigenvalue weighted by molar-refractivity contribution is 5.85. The normalized spacial score (nSPS) is 12.8. The highest BCUT2D eigenvalue weighted by Crippen LogP contribution is 2.29. The zero-order valence-corrected chi connectivity index (χ0v) is 9.65. The summed E-state index contributed by atoms with van der Waals surface area (Å²) in [6, 6.07) is 5.89. The van der Waals surface area contributed by atoms with E-state index in [9.17, 15) is 13.2 Å². The van der Waals surface area contributed by atoms with Crippen LogP contribution in [-0.4, -0.2) is 13.4 Å². The maximum atomic E-state index is 12.0. The lowest BCUT2D eigenvalue weighted by atomic mass is 10.1. The maximum absolute atomic E-state index is 12.0. The lowest BCUT2D eigenvalue weighted by Crippen LogP contribution is -2.20. The molecule has 2 nitrogen and oxygen atoms in total. The van der Waals surface area contributed by atoms with Crippen LogP contribution >= 0.6 is 12.4 Å². The number of benzene rings is 1. The van der Waals surface area contributed by atoms with E-state index in [1.807, 2.05) is 0 Å². The molecular weight excluding hydrogens is 243 g/mol. The van der Waals surface area contributed by atoms with Crippen molar-refractivity contribution in [1.82, 2.24) is 5.32 Å². The molecule has 0 aliphatic carbocycles. The second-order valence-corrected chi connectivity index (χ2v) is 3.10. The summed E-state index contributed by atoms with van der Waals surface area (Å²) in [4.78, 5) is 0. The van der Waals surface area contributed by atoms with E-state index in [1.54, 1.807) is 26.1 Å². The Labute approximate surface area is 98.2 Å². The first-order valence-corrected chi connectivity index (χ1v) is 4.46. The van der Waals surface area contributed by atoms with Gasteiger partial charge < -0.3 is 10.1 Å². The zero-order chi connectivity index (χ0) is 11.5. The Morgan fingerprint density at radius 3 is 2.31 bits per heavy atom. The molecule has 6 heteroatoms. The second kappa shape index (κ2) is 5.96. The molecule has 0 aromatic heterocycles. The topological polar surface area (TPSA) is 21.3 Å². The third-order valence-corrected chi connectivity index (χ3v) is 2.04. The van der Waals surface area contributed by atoms with Gasteiger partial charge in [0.15, 0.2) is 0 Å². The monoisotopic (exact) mass is 255 g/mol. The van der Waals surface area contributed by atoms with Gasteiger partial charge in [-0.05, 0) is 20.0 Å². The molecule has 1 N–H and O–H groups in total. The molecule has 16 heavy (non-hydrogen) atoms. The van der Waals surface area contributed by atoms with E-state index in [1.165, 1.54) is 12.1 Å². The van der Waals surface area contributed by atoms with Gasteiger partial charge in [-0.25, -0.2) is 0 Å². The van der Waals surface area contributed by atoms with Crippen LogP contribution in [0.3, 0.4) is 0 Å². The van der Waals surface area contributed by atoms with Crippen molar-refractivity contribution >= 4 is 12.4 Å². The quantitative estimate of drug-likeness (QED) is 0.895. The SMILES string of the molecule is CNC(C)c1ccccc1OC(F)(F)F.Cl. The van der Waals surface area contributed by atoms with Gasteiger partial charge in [-0.15, -0.1) is 25.6 Å². The average Bonchev–Trinajstić information content (AvgIpc) is 2.15. The summed E-state index contributed by atoms with van der Waals surface area (Å²) in [5, 5.41) is 2.86. The molecule has 0 heterocycles. The molecule has 1 aromatic rings. The number of hydrogen-bond acceptors (Lipinski definition) is 2. The summed E-state index contributed by atoms with van der Waals surface area (Å²) in [5.74, 6) is -0.160. The van der Waals surface area contributed by atoms with E-state index >= 15 is 0 Å². The predicted molar refractivity (Wildman–Crippen MR) is 57.8 cm³/mol. The van der Waals surface area contributed by atoms with E-state index in [0.717, 1.165) is 0 Å². The van der Waals surface area contributed by atoms with Crippen LogP contribution in [0.2, 0.25) is 0 Å². The van der Waals surface area contributed by atoms with Crippen molar-refractivity contribution in [2.24, 2.45) is 0 Å². The van der Waals surface area contributed by atoms with Crippen LogP contribution in [0.25, 0.3) is 0 Å². The van der Waals surface area contributed by atoms with Crippen LogP contribution in [-0.2, 0) is 0 Å². The molecule has 1 atom stereocenters. The third-order valence-electron chi connectivity index (χ3n) is 2.04. The number of ether oxygens (including phenoxy) is 1. The van der Waals surface area contributed by atoms with Crippen LogP contribution in [0.15, 0.2) is 24.3 Å². The van der Waals surface area contributed by atoms with Crippen LogP contribution in [0, 0.1) is 0 Å². The fourth-order valence-electron chi connectivity index (χ4n) is 1.21. The van der Waals surface area contributed by atoms with E-state index < -0.39 is 6.36 Å². The van der Waals surface area contributed by atoms with Crippen molar-refractivity contribution in [1.29, 1.82) is 0 Å². The highest BCUT2D eigenvalue weighted by atomic mass is 35.5. The minimum Gasteiger partial charge on any atom is -0.405 e. The molecule has 0 aliphatic rings. The zero-order valence-electron chi connectivity index (χ0n) is 8.84. The number of rotatable bonds is 3. The van der Waals surface area contributed by atoms with E-state index in [0.29, 0.717) is 5.56 Å². The molecule has 0 radical (unpaired) electrons. The highest BCUT2D eigenvalue weighted by Gasteiger charge is 2.32. The summed E-state index contributed by atoms with van der Waals surface area (Å²) in [5.41, 5.74) is 0.484. The van der Waals surface area contributed by atoms with Gasteiger partial charge in [0.05, 0.1) is 0 Å². The van der Waals surface area contributed by atoms with Gasteiger partial charge in [0.2, 0.25) is 0 Å². The predicted octanol–water partition coefficient (Wildman–Crippen LogP) is 3.29. The molecule has 0 saturated heterocycles. The van der Waals surface area contributed by atoms with Gasteiger partial charge in [-0.1, -0.05) is 18.2 Å². The molecular formula is C10H13ClF3NO. The number of para-hydroxylation sites is 1. The van der Waals surface area contributed by atoms with Gasteiger partial charge in [-0.2, -0.15) is 0 Å². The molecule has 1 unspecified atom stereocenters. The minimum atomic E-state index is -4.65. The van der Waals surface area contributed by atoms with Gasteiger partial charge in [0, 0.05) is 11.6 Å². The molecule has 1 rings (SSSR count). The summed E-state index contributed by atoms with van der Waals surface area (Å²) in [6.45, 7) is 1.76. The Kier molecular flexibility index (Phi) is 5.61. The molecule has 0 spiro atoms. The fraction of sp³-hybridized carbons (Fsp3) is 0.400. The smallest absolute Gasteiger partial charge is 0.405 e. The summed E-state index contributed by atoms with van der Waals surface area (Å²) in [7, 11) is 1.68. The van der Waals surface area contributed by atoms with Gasteiger partial charge in [-0.3, -0.25) is 0 Å². The van der Waals surface area contributed by atoms with Gasteiger partial charge in [0.1, 0.15) is 5.75 Å². The standard InChI is InChI=1S/C10H12F3NO.ClH/c1-7(14-2)8-5-3-4-6-9(8)15-10(11,12)13;/h3-7,14H,1-2H3;1H. The Morgan fingerprint density at radius 1 is 1.25 bits per heavy atom. The molecule has 92 valence electrons. The van der Waals surface area contributed by atoms with Crippen LogP contribution in [0.4, 0.5) is 13.2 Å². The molecule has 0 bridgehead atoms. The Hall–Kier alpha value is -0.940. The molecule has 1 aromatic carbocycles. The fourth-order valence-corrected chi connectivity index (χ4v) is 1.21. The molecule has 0 saturated carbocycles. The Bertz CT molecular complexity index is 330. The largest absolute Gasteiger partial charge is 0.573 e. The van der Waals surface area contributed by atoms with Crippen LogP contribution in [0.5, 0.6) is 5.75 Å². The van der Waals surface area contributed by atoms with E-state index in [2.05, 4.69) is 10.1 Å². The maximum Gasteiger partial charge on any atom is 0.573 e. The van der Waals surface area contributed by atoms with Crippen molar-refractivity contribution in [2.75, 3.05) is 7.05 Å². The summed E-state index contributed by atoms with van der Waals surface area (Å²) < 4.78 is 40.1. The molecule has 0 aliphatic heterocycles. The number of alkyl halides is 3. The van der Waals surface area contributed by atoms with Gasteiger partial charge >= 0.3 is 6.36 Å². The summed E-state index contributed by atoms with van der Waals surface area (Å²) in [6.07, 6.45) is -4.65. The summed E-state index contributed by atoms with van der Waals surface area (Å²) >= 11 is 0.